The number of rotatable bonds is 9. The van der Waals surface area contributed by atoms with Crippen molar-refractivity contribution in [3.8, 4) is 0 Å². The molecule has 1 aromatic rings. The van der Waals surface area contributed by atoms with Crippen LogP contribution in [0.5, 0.6) is 0 Å². The smallest absolute Gasteiger partial charge is 0.166 e. The number of halogens is 3. The van der Waals surface area contributed by atoms with Crippen LogP contribution in [0.3, 0.4) is 0 Å². The van der Waals surface area contributed by atoms with Gasteiger partial charge in [0.2, 0.25) is 0 Å². The molecule has 0 heterocycles. The van der Waals surface area contributed by atoms with Crippen LogP contribution in [0.25, 0.3) is 5.57 Å². The lowest BCUT2D eigenvalue weighted by atomic mass is 9.87. The highest BCUT2D eigenvalue weighted by molar-refractivity contribution is 5.67. The monoisotopic (exact) mass is 338 g/mol. The molecule has 0 radical (unpaired) electrons. The van der Waals surface area contributed by atoms with Crippen molar-refractivity contribution in [3.05, 3.63) is 53.6 Å². The summed E-state index contributed by atoms with van der Waals surface area (Å²) in [6.45, 7) is 14.0. The summed E-state index contributed by atoms with van der Waals surface area (Å²) in [5.74, 6) is 0.466. The van der Waals surface area contributed by atoms with Crippen molar-refractivity contribution in [1.29, 1.82) is 0 Å². The van der Waals surface area contributed by atoms with Crippen molar-refractivity contribution in [1.82, 2.24) is 0 Å². The van der Waals surface area contributed by atoms with E-state index in [2.05, 4.69) is 27.0 Å². The summed E-state index contributed by atoms with van der Waals surface area (Å²) in [6.07, 6.45) is 1.20. The fourth-order valence-electron chi connectivity index (χ4n) is 3.09. The number of aryl methyl sites for hydroxylation is 1. The van der Waals surface area contributed by atoms with E-state index in [1.807, 2.05) is 0 Å². The summed E-state index contributed by atoms with van der Waals surface area (Å²) < 4.78 is 39.7. The third-order valence-electron chi connectivity index (χ3n) is 4.56. The van der Waals surface area contributed by atoms with Gasteiger partial charge < -0.3 is 0 Å². The van der Waals surface area contributed by atoms with E-state index < -0.39 is 11.7 Å². The third-order valence-corrected chi connectivity index (χ3v) is 4.56. The Morgan fingerprint density at radius 3 is 2.33 bits per heavy atom. The van der Waals surface area contributed by atoms with Gasteiger partial charge in [0.15, 0.2) is 0 Å². The normalized spacial score (nSPS) is 12.9. The molecule has 0 fully saturated rings. The summed E-state index contributed by atoms with van der Waals surface area (Å²) >= 11 is 0. The highest BCUT2D eigenvalue weighted by Gasteiger charge is 2.33. The molecule has 0 amide bonds. The molecule has 0 saturated carbocycles. The standard InChI is InChI=1S/C21H29F3/c1-6-9-18(16(4)7-2)11-8-10-17(5)19-13-12-15(3)14-20(19)21(22,23)24/h12-14,18H,4-11H2,1-3H3. The Morgan fingerprint density at radius 2 is 1.79 bits per heavy atom. The van der Waals surface area contributed by atoms with E-state index in [-0.39, 0.29) is 5.56 Å². The molecule has 1 aromatic carbocycles. The Hall–Kier alpha value is -1.51. The van der Waals surface area contributed by atoms with Crippen LogP contribution in [0.2, 0.25) is 0 Å². The first-order valence-corrected chi connectivity index (χ1v) is 8.74. The molecule has 0 aliphatic carbocycles. The van der Waals surface area contributed by atoms with Gasteiger partial charge >= 0.3 is 6.18 Å². The Labute approximate surface area is 144 Å². The van der Waals surface area contributed by atoms with E-state index >= 15 is 0 Å². The molecule has 0 N–H and O–H groups in total. The first-order valence-electron chi connectivity index (χ1n) is 8.74. The quantitative estimate of drug-likeness (QED) is 0.407. The van der Waals surface area contributed by atoms with E-state index in [9.17, 15) is 13.2 Å². The second kappa shape index (κ2) is 9.10. The van der Waals surface area contributed by atoms with Crippen LogP contribution in [-0.2, 0) is 6.18 Å². The first kappa shape index (κ1) is 20.5. The average molecular weight is 338 g/mol. The summed E-state index contributed by atoms with van der Waals surface area (Å²) in [7, 11) is 0. The van der Waals surface area contributed by atoms with Crippen molar-refractivity contribution in [3.63, 3.8) is 0 Å². The average Bonchev–Trinajstić information content (AvgIpc) is 2.52. The number of allylic oxidation sites excluding steroid dienone is 2. The molecule has 0 aliphatic rings. The van der Waals surface area contributed by atoms with Crippen molar-refractivity contribution < 1.29 is 13.2 Å². The molecule has 0 nitrogen and oxygen atoms in total. The Kier molecular flexibility index (Phi) is 7.78. The molecule has 0 spiro atoms. The van der Waals surface area contributed by atoms with E-state index in [0.717, 1.165) is 32.1 Å². The molecule has 0 aromatic heterocycles. The summed E-state index contributed by atoms with van der Waals surface area (Å²) in [4.78, 5) is 0. The lowest BCUT2D eigenvalue weighted by Gasteiger charge is -2.19. The number of hydrogen-bond donors (Lipinski definition) is 0. The van der Waals surface area contributed by atoms with Crippen molar-refractivity contribution in [2.75, 3.05) is 0 Å². The van der Waals surface area contributed by atoms with Crippen molar-refractivity contribution in [2.24, 2.45) is 5.92 Å². The third kappa shape index (κ3) is 5.85. The van der Waals surface area contributed by atoms with Crippen LogP contribution < -0.4 is 0 Å². The van der Waals surface area contributed by atoms with Gasteiger partial charge in [-0.3, -0.25) is 0 Å². The van der Waals surface area contributed by atoms with Crippen LogP contribution in [0.1, 0.15) is 69.1 Å². The Morgan fingerprint density at radius 1 is 1.12 bits per heavy atom. The van der Waals surface area contributed by atoms with Crippen LogP contribution in [-0.4, -0.2) is 0 Å². The molecular formula is C21H29F3. The zero-order chi connectivity index (χ0) is 18.3. The van der Waals surface area contributed by atoms with Gasteiger partial charge in [-0.25, -0.2) is 0 Å². The molecular weight excluding hydrogens is 309 g/mol. The highest BCUT2D eigenvalue weighted by Crippen LogP contribution is 2.37. The van der Waals surface area contributed by atoms with E-state index in [0.29, 0.717) is 23.5 Å². The SMILES string of the molecule is C=C(CCCC(CCC)C(=C)CC)c1ccc(C)cc1C(F)(F)F. The number of alkyl halides is 3. The summed E-state index contributed by atoms with van der Waals surface area (Å²) in [6, 6.07) is 4.48. The van der Waals surface area contributed by atoms with Gasteiger partial charge in [0.25, 0.3) is 0 Å². The maximum atomic E-state index is 13.2. The molecule has 1 atom stereocenters. The Balaban J connectivity index is 2.77. The minimum Gasteiger partial charge on any atom is -0.166 e. The first-order chi connectivity index (χ1) is 11.2. The molecule has 0 bridgehead atoms. The minimum atomic E-state index is -4.34. The second-order valence-corrected chi connectivity index (χ2v) is 6.54. The zero-order valence-electron chi connectivity index (χ0n) is 15.1. The van der Waals surface area contributed by atoms with Crippen LogP contribution in [0.15, 0.2) is 36.9 Å². The molecule has 3 heteroatoms. The Bertz CT molecular complexity index is 567. The van der Waals surface area contributed by atoms with Gasteiger partial charge in [-0.05, 0) is 62.1 Å². The molecule has 134 valence electrons. The molecule has 1 unspecified atom stereocenters. The predicted octanol–water partition coefficient (Wildman–Crippen LogP) is 7.58. The maximum absolute atomic E-state index is 13.2. The zero-order valence-corrected chi connectivity index (χ0v) is 15.1. The number of hydrogen-bond acceptors (Lipinski definition) is 0. The minimum absolute atomic E-state index is 0.231. The van der Waals surface area contributed by atoms with Gasteiger partial charge in [-0.2, -0.15) is 13.2 Å². The van der Waals surface area contributed by atoms with E-state index in [1.165, 1.54) is 11.6 Å². The lowest BCUT2D eigenvalue weighted by Crippen LogP contribution is -2.09. The molecule has 0 saturated heterocycles. The van der Waals surface area contributed by atoms with E-state index in [1.54, 1.807) is 19.1 Å². The van der Waals surface area contributed by atoms with Crippen LogP contribution >= 0.6 is 0 Å². The van der Waals surface area contributed by atoms with Crippen molar-refractivity contribution >= 4 is 5.57 Å². The molecule has 1 rings (SSSR count). The van der Waals surface area contributed by atoms with Crippen molar-refractivity contribution in [2.45, 2.75) is 65.5 Å². The maximum Gasteiger partial charge on any atom is 0.417 e. The molecule has 24 heavy (non-hydrogen) atoms. The van der Waals surface area contributed by atoms with E-state index in [4.69, 9.17) is 0 Å². The topological polar surface area (TPSA) is 0 Å². The van der Waals surface area contributed by atoms with Crippen LogP contribution in [0.4, 0.5) is 13.2 Å². The van der Waals surface area contributed by atoms with Gasteiger partial charge in [-0.1, -0.05) is 56.7 Å². The van der Waals surface area contributed by atoms with Crippen LogP contribution in [0, 0.1) is 12.8 Å². The lowest BCUT2D eigenvalue weighted by molar-refractivity contribution is -0.137. The van der Waals surface area contributed by atoms with Gasteiger partial charge in [-0.15, -0.1) is 0 Å². The fourth-order valence-corrected chi connectivity index (χ4v) is 3.09. The largest absolute Gasteiger partial charge is 0.417 e. The van der Waals surface area contributed by atoms with Gasteiger partial charge in [0.1, 0.15) is 0 Å². The van der Waals surface area contributed by atoms with Gasteiger partial charge in [0, 0.05) is 0 Å². The summed E-state index contributed by atoms with van der Waals surface area (Å²) in [5.41, 5.74) is 2.08. The van der Waals surface area contributed by atoms with Gasteiger partial charge in [0.05, 0.1) is 5.56 Å². The predicted molar refractivity (Wildman–Crippen MR) is 96.9 cm³/mol. The fraction of sp³-hybridized carbons (Fsp3) is 0.524. The summed E-state index contributed by atoms with van der Waals surface area (Å²) in [5, 5.41) is 0. The molecule has 0 aliphatic heterocycles. The highest BCUT2D eigenvalue weighted by atomic mass is 19.4. The second-order valence-electron chi connectivity index (χ2n) is 6.54. The number of benzene rings is 1.